The summed E-state index contributed by atoms with van der Waals surface area (Å²) in [6.07, 6.45) is -6.66. The predicted octanol–water partition coefficient (Wildman–Crippen LogP) is 0.877. The largest absolute Gasteiger partial charge is 0.416 e. The van der Waals surface area contributed by atoms with E-state index in [9.17, 15) is 23.4 Å². The van der Waals surface area contributed by atoms with Crippen LogP contribution in [0.3, 0.4) is 0 Å². The van der Waals surface area contributed by atoms with Gasteiger partial charge in [0.25, 0.3) is 0 Å². The number of aliphatic hydroxyl groups excluding tert-OH is 3. The number of hydrogen-bond acceptors (Lipinski definition) is 4. The molecule has 0 radical (unpaired) electrons. The summed E-state index contributed by atoms with van der Waals surface area (Å²) in [6, 6.07) is 1.44. The van der Waals surface area contributed by atoms with E-state index in [0.717, 1.165) is 12.3 Å². The Morgan fingerprint density at radius 1 is 1.29 bits per heavy atom. The summed E-state index contributed by atoms with van der Waals surface area (Å²) >= 11 is 0. The van der Waals surface area contributed by atoms with Crippen molar-refractivity contribution in [3.05, 3.63) is 29.6 Å². The first-order valence-electron chi connectivity index (χ1n) is 4.86. The molecule has 96 valence electrons. The predicted molar refractivity (Wildman–Crippen MR) is 51.9 cm³/mol. The van der Waals surface area contributed by atoms with Crippen molar-refractivity contribution >= 4 is 0 Å². The van der Waals surface area contributed by atoms with E-state index < -0.39 is 23.9 Å². The van der Waals surface area contributed by atoms with E-state index in [4.69, 9.17) is 5.11 Å². The van der Waals surface area contributed by atoms with Crippen LogP contribution in [0.1, 0.15) is 23.8 Å². The first kappa shape index (κ1) is 13.9. The number of alkyl halides is 3. The van der Waals surface area contributed by atoms with Gasteiger partial charge in [0.1, 0.15) is 6.10 Å². The van der Waals surface area contributed by atoms with Crippen LogP contribution in [0, 0.1) is 0 Å². The van der Waals surface area contributed by atoms with Gasteiger partial charge in [0.05, 0.1) is 17.4 Å². The highest BCUT2D eigenvalue weighted by Gasteiger charge is 2.31. The average Bonchev–Trinajstić information content (AvgIpc) is 2.27. The molecule has 3 N–H and O–H groups in total. The van der Waals surface area contributed by atoms with Crippen LogP contribution in [0.4, 0.5) is 13.2 Å². The van der Waals surface area contributed by atoms with Gasteiger partial charge < -0.3 is 15.3 Å². The fourth-order valence-electron chi connectivity index (χ4n) is 1.27. The van der Waals surface area contributed by atoms with Crippen molar-refractivity contribution in [2.75, 3.05) is 6.61 Å². The molecule has 2 unspecified atom stereocenters. The normalized spacial score (nSPS) is 15.6. The van der Waals surface area contributed by atoms with E-state index in [2.05, 4.69) is 4.98 Å². The van der Waals surface area contributed by atoms with Crippen LogP contribution >= 0.6 is 0 Å². The molecular formula is C10H12F3NO3. The standard InChI is InChI=1S/C10H12F3NO3/c11-10(12,13)6-1-3-14-7(5-6)9(17)8(16)2-4-15/h1,3,5,8-9,15-17H,2,4H2. The topological polar surface area (TPSA) is 73.6 Å². The summed E-state index contributed by atoms with van der Waals surface area (Å²) in [5.41, 5.74) is -1.22. The van der Waals surface area contributed by atoms with E-state index in [-0.39, 0.29) is 18.7 Å². The minimum absolute atomic E-state index is 0.140. The fraction of sp³-hybridized carbons (Fsp3) is 0.500. The lowest BCUT2D eigenvalue weighted by molar-refractivity contribution is -0.137. The molecule has 4 nitrogen and oxygen atoms in total. The minimum atomic E-state index is -4.53. The van der Waals surface area contributed by atoms with Gasteiger partial charge in [-0.2, -0.15) is 13.2 Å². The fourth-order valence-corrected chi connectivity index (χ4v) is 1.27. The van der Waals surface area contributed by atoms with Crippen LogP contribution < -0.4 is 0 Å². The molecule has 0 fully saturated rings. The van der Waals surface area contributed by atoms with Crippen molar-refractivity contribution in [2.24, 2.45) is 0 Å². The molecule has 0 saturated heterocycles. The average molecular weight is 251 g/mol. The second-order valence-corrected chi connectivity index (χ2v) is 3.49. The third-order valence-corrected chi connectivity index (χ3v) is 2.20. The molecule has 7 heteroatoms. The summed E-state index contributed by atoms with van der Waals surface area (Å²) in [7, 11) is 0. The van der Waals surface area contributed by atoms with E-state index in [1.165, 1.54) is 0 Å². The molecule has 0 aromatic carbocycles. The molecule has 0 aliphatic heterocycles. The Hall–Kier alpha value is -1.18. The Morgan fingerprint density at radius 2 is 1.94 bits per heavy atom. The zero-order chi connectivity index (χ0) is 13.1. The molecule has 1 rings (SSSR count). The van der Waals surface area contributed by atoms with Gasteiger partial charge in [0.15, 0.2) is 0 Å². The number of aliphatic hydroxyl groups is 3. The lowest BCUT2D eigenvalue weighted by atomic mass is 10.1. The van der Waals surface area contributed by atoms with Crippen LogP contribution in [0.2, 0.25) is 0 Å². The molecule has 0 bridgehead atoms. The second kappa shape index (κ2) is 5.44. The molecular weight excluding hydrogens is 239 g/mol. The van der Waals surface area contributed by atoms with Crippen LogP contribution in [-0.2, 0) is 6.18 Å². The van der Waals surface area contributed by atoms with E-state index in [0.29, 0.717) is 6.07 Å². The maximum absolute atomic E-state index is 12.4. The summed E-state index contributed by atoms with van der Waals surface area (Å²) in [4.78, 5) is 3.56. The van der Waals surface area contributed by atoms with Crippen molar-refractivity contribution in [1.29, 1.82) is 0 Å². The first-order valence-corrected chi connectivity index (χ1v) is 4.86. The van der Waals surface area contributed by atoms with Gasteiger partial charge in [-0.05, 0) is 18.6 Å². The highest BCUT2D eigenvalue weighted by atomic mass is 19.4. The molecule has 0 amide bonds. The quantitative estimate of drug-likeness (QED) is 0.742. The van der Waals surface area contributed by atoms with Crippen LogP contribution in [0.5, 0.6) is 0 Å². The molecule has 2 atom stereocenters. The Balaban J connectivity index is 2.92. The maximum Gasteiger partial charge on any atom is 0.416 e. The van der Waals surface area contributed by atoms with Crippen molar-refractivity contribution in [3.8, 4) is 0 Å². The summed E-state index contributed by atoms with van der Waals surface area (Å²) in [5, 5.41) is 27.4. The van der Waals surface area contributed by atoms with Gasteiger partial charge in [-0.1, -0.05) is 0 Å². The summed E-state index contributed by atoms with van der Waals surface area (Å²) in [5.74, 6) is 0. The molecule has 1 aromatic heterocycles. The molecule has 17 heavy (non-hydrogen) atoms. The van der Waals surface area contributed by atoms with Crippen LogP contribution in [0.25, 0.3) is 0 Å². The Labute approximate surface area is 95.4 Å². The van der Waals surface area contributed by atoms with Gasteiger partial charge >= 0.3 is 6.18 Å². The van der Waals surface area contributed by atoms with Gasteiger partial charge in [0, 0.05) is 12.8 Å². The molecule has 0 saturated carbocycles. The molecule has 0 spiro atoms. The van der Waals surface area contributed by atoms with Crippen LogP contribution in [-0.4, -0.2) is 33.0 Å². The SMILES string of the molecule is OCCC(O)C(O)c1cc(C(F)(F)F)ccn1. The zero-order valence-electron chi connectivity index (χ0n) is 8.72. The van der Waals surface area contributed by atoms with Crippen LogP contribution in [0.15, 0.2) is 18.3 Å². The second-order valence-electron chi connectivity index (χ2n) is 3.49. The molecule has 1 heterocycles. The third-order valence-electron chi connectivity index (χ3n) is 2.20. The molecule has 0 aliphatic carbocycles. The van der Waals surface area contributed by atoms with Crippen molar-refractivity contribution in [2.45, 2.75) is 24.8 Å². The maximum atomic E-state index is 12.4. The molecule has 0 aliphatic rings. The van der Waals surface area contributed by atoms with Crippen molar-refractivity contribution in [3.63, 3.8) is 0 Å². The Bertz CT molecular complexity index is 370. The number of aromatic nitrogens is 1. The summed E-state index contributed by atoms with van der Waals surface area (Å²) < 4.78 is 37.1. The number of nitrogens with zero attached hydrogens (tertiary/aromatic N) is 1. The van der Waals surface area contributed by atoms with Crippen molar-refractivity contribution in [1.82, 2.24) is 4.98 Å². The minimum Gasteiger partial charge on any atom is -0.396 e. The lowest BCUT2D eigenvalue weighted by Gasteiger charge is -2.17. The number of pyridine rings is 1. The highest BCUT2D eigenvalue weighted by molar-refractivity contribution is 5.21. The van der Waals surface area contributed by atoms with Crippen molar-refractivity contribution < 1.29 is 28.5 Å². The van der Waals surface area contributed by atoms with Gasteiger partial charge in [0.2, 0.25) is 0 Å². The third kappa shape index (κ3) is 3.65. The van der Waals surface area contributed by atoms with E-state index in [1.54, 1.807) is 0 Å². The monoisotopic (exact) mass is 251 g/mol. The Kier molecular flexibility index (Phi) is 4.44. The zero-order valence-corrected chi connectivity index (χ0v) is 8.72. The Morgan fingerprint density at radius 3 is 2.47 bits per heavy atom. The van der Waals surface area contributed by atoms with Gasteiger partial charge in [-0.15, -0.1) is 0 Å². The molecule has 1 aromatic rings. The smallest absolute Gasteiger partial charge is 0.396 e. The van der Waals surface area contributed by atoms with E-state index in [1.807, 2.05) is 0 Å². The van der Waals surface area contributed by atoms with Gasteiger partial charge in [-0.3, -0.25) is 4.98 Å². The summed E-state index contributed by atoms with van der Waals surface area (Å²) in [6.45, 7) is -0.378. The number of halogens is 3. The highest BCUT2D eigenvalue weighted by Crippen LogP contribution is 2.30. The number of rotatable bonds is 4. The lowest BCUT2D eigenvalue weighted by Crippen LogP contribution is -2.21. The first-order chi connectivity index (χ1) is 7.86. The van der Waals surface area contributed by atoms with Gasteiger partial charge in [-0.25, -0.2) is 0 Å². The van der Waals surface area contributed by atoms with E-state index >= 15 is 0 Å². The number of hydrogen-bond donors (Lipinski definition) is 3.